The molecule has 0 unspecified atom stereocenters. The lowest BCUT2D eigenvalue weighted by Gasteiger charge is -2.15. The standard InChI is InChI=1S/C12H16N2O/c1-14(7-8-15-2)10-12-5-3-11(9-13)4-6-12/h3-6H,7-8,10H2,1-2H3. The van der Waals surface area contributed by atoms with E-state index in [-0.39, 0.29) is 0 Å². The van der Waals surface area contributed by atoms with Gasteiger partial charge in [0.2, 0.25) is 0 Å². The molecule has 0 fully saturated rings. The van der Waals surface area contributed by atoms with Gasteiger partial charge in [-0.15, -0.1) is 0 Å². The summed E-state index contributed by atoms with van der Waals surface area (Å²) in [5, 5.41) is 8.65. The molecule has 0 aliphatic carbocycles. The van der Waals surface area contributed by atoms with Gasteiger partial charge in [-0.1, -0.05) is 12.1 Å². The average molecular weight is 204 g/mol. The summed E-state index contributed by atoms with van der Waals surface area (Å²) < 4.78 is 5.00. The van der Waals surface area contributed by atoms with Crippen LogP contribution in [0.3, 0.4) is 0 Å². The molecule has 0 aromatic heterocycles. The lowest BCUT2D eigenvalue weighted by Crippen LogP contribution is -2.22. The van der Waals surface area contributed by atoms with Crippen LogP contribution in [0.25, 0.3) is 0 Å². The second-order valence-electron chi connectivity index (χ2n) is 3.54. The first kappa shape index (κ1) is 11.7. The molecule has 3 nitrogen and oxygen atoms in total. The van der Waals surface area contributed by atoms with Crippen LogP contribution in [0.1, 0.15) is 11.1 Å². The SMILES string of the molecule is COCCN(C)Cc1ccc(C#N)cc1. The zero-order chi connectivity index (χ0) is 11.1. The Labute approximate surface area is 90.9 Å². The van der Waals surface area contributed by atoms with Gasteiger partial charge in [0.1, 0.15) is 0 Å². The highest BCUT2D eigenvalue weighted by molar-refractivity contribution is 5.31. The Kier molecular flexibility index (Phi) is 4.82. The largest absolute Gasteiger partial charge is 0.383 e. The van der Waals surface area contributed by atoms with Crippen molar-refractivity contribution >= 4 is 0 Å². The van der Waals surface area contributed by atoms with Crippen LogP contribution < -0.4 is 0 Å². The maximum absolute atomic E-state index is 8.65. The molecular weight excluding hydrogens is 188 g/mol. The van der Waals surface area contributed by atoms with Gasteiger partial charge in [0.25, 0.3) is 0 Å². The first-order chi connectivity index (χ1) is 7.26. The number of methoxy groups -OCH3 is 1. The Morgan fingerprint density at radius 2 is 2.00 bits per heavy atom. The van der Waals surface area contributed by atoms with Gasteiger partial charge in [0.05, 0.1) is 18.2 Å². The molecule has 0 aliphatic heterocycles. The Bertz CT molecular complexity index is 326. The summed E-state index contributed by atoms with van der Waals surface area (Å²) in [4.78, 5) is 2.19. The third-order valence-electron chi connectivity index (χ3n) is 2.21. The minimum absolute atomic E-state index is 0.707. The number of nitriles is 1. The fourth-order valence-corrected chi connectivity index (χ4v) is 1.32. The number of likely N-dealkylation sites (N-methyl/N-ethyl adjacent to an activating group) is 1. The topological polar surface area (TPSA) is 36.3 Å². The molecule has 0 heterocycles. The van der Waals surface area contributed by atoms with E-state index >= 15 is 0 Å². The van der Waals surface area contributed by atoms with Gasteiger partial charge in [-0.2, -0.15) is 5.26 Å². The summed E-state index contributed by atoms with van der Waals surface area (Å²) in [6, 6.07) is 9.78. The summed E-state index contributed by atoms with van der Waals surface area (Å²) in [7, 11) is 3.76. The summed E-state index contributed by atoms with van der Waals surface area (Å²) in [5.74, 6) is 0. The van der Waals surface area contributed by atoms with Crippen molar-refractivity contribution in [3.05, 3.63) is 35.4 Å². The normalized spacial score (nSPS) is 10.3. The predicted molar refractivity (Wildman–Crippen MR) is 59.4 cm³/mol. The Morgan fingerprint density at radius 1 is 1.33 bits per heavy atom. The zero-order valence-electron chi connectivity index (χ0n) is 9.23. The van der Waals surface area contributed by atoms with Crippen molar-refractivity contribution < 1.29 is 4.74 Å². The third kappa shape index (κ3) is 4.11. The van der Waals surface area contributed by atoms with Crippen LogP contribution in [0.2, 0.25) is 0 Å². The van der Waals surface area contributed by atoms with Crippen molar-refractivity contribution in [1.29, 1.82) is 5.26 Å². The average Bonchev–Trinajstić information content (AvgIpc) is 2.27. The highest BCUT2D eigenvalue weighted by Crippen LogP contribution is 2.05. The van der Waals surface area contributed by atoms with Crippen molar-refractivity contribution in [2.24, 2.45) is 0 Å². The number of ether oxygens (including phenoxy) is 1. The number of rotatable bonds is 5. The first-order valence-electron chi connectivity index (χ1n) is 4.93. The van der Waals surface area contributed by atoms with Crippen LogP contribution in [0.5, 0.6) is 0 Å². The van der Waals surface area contributed by atoms with Crippen molar-refractivity contribution in [3.8, 4) is 6.07 Å². The fraction of sp³-hybridized carbons (Fsp3) is 0.417. The molecule has 0 saturated heterocycles. The predicted octanol–water partition coefficient (Wildman–Crippen LogP) is 1.64. The maximum Gasteiger partial charge on any atom is 0.0991 e. The molecule has 1 aromatic rings. The highest BCUT2D eigenvalue weighted by atomic mass is 16.5. The molecule has 0 saturated carbocycles. The number of hydrogen-bond donors (Lipinski definition) is 0. The molecule has 0 atom stereocenters. The third-order valence-corrected chi connectivity index (χ3v) is 2.21. The van der Waals surface area contributed by atoms with Gasteiger partial charge in [-0.05, 0) is 24.7 Å². The highest BCUT2D eigenvalue weighted by Gasteiger charge is 1.99. The van der Waals surface area contributed by atoms with Crippen LogP contribution in [0, 0.1) is 11.3 Å². The molecule has 0 N–H and O–H groups in total. The summed E-state index contributed by atoms with van der Waals surface area (Å²) in [6.07, 6.45) is 0. The van der Waals surface area contributed by atoms with E-state index in [1.54, 1.807) is 7.11 Å². The number of hydrogen-bond acceptors (Lipinski definition) is 3. The first-order valence-corrected chi connectivity index (χ1v) is 4.93. The zero-order valence-corrected chi connectivity index (χ0v) is 9.23. The maximum atomic E-state index is 8.65. The molecule has 0 aliphatic rings. The minimum atomic E-state index is 0.707. The Balaban J connectivity index is 2.47. The Hall–Kier alpha value is -1.37. The van der Waals surface area contributed by atoms with E-state index in [0.717, 1.165) is 19.7 Å². The van der Waals surface area contributed by atoms with Crippen LogP contribution in [0.4, 0.5) is 0 Å². The quantitative estimate of drug-likeness (QED) is 0.731. The van der Waals surface area contributed by atoms with E-state index in [1.165, 1.54) is 5.56 Å². The van der Waals surface area contributed by atoms with Gasteiger partial charge in [0.15, 0.2) is 0 Å². The fourth-order valence-electron chi connectivity index (χ4n) is 1.32. The van der Waals surface area contributed by atoms with Crippen LogP contribution >= 0.6 is 0 Å². The van der Waals surface area contributed by atoms with Gasteiger partial charge >= 0.3 is 0 Å². The molecule has 3 heteroatoms. The summed E-state index contributed by atoms with van der Waals surface area (Å²) in [5.41, 5.74) is 1.92. The van der Waals surface area contributed by atoms with E-state index in [9.17, 15) is 0 Å². The van der Waals surface area contributed by atoms with Crippen molar-refractivity contribution in [3.63, 3.8) is 0 Å². The molecular formula is C12H16N2O. The Morgan fingerprint density at radius 3 is 2.53 bits per heavy atom. The van der Waals surface area contributed by atoms with E-state index in [0.29, 0.717) is 5.56 Å². The summed E-state index contributed by atoms with van der Waals surface area (Å²) in [6.45, 7) is 2.54. The van der Waals surface area contributed by atoms with Crippen LogP contribution in [-0.4, -0.2) is 32.2 Å². The van der Waals surface area contributed by atoms with Gasteiger partial charge in [-0.25, -0.2) is 0 Å². The smallest absolute Gasteiger partial charge is 0.0991 e. The lowest BCUT2D eigenvalue weighted by molar-refractivity contribution is 0.158. The van der Waals surface area contributed by atoms with Crippen molar-refractivity contribution in [2.45, 2.75) is 6.54 Å². The molecule has 15 heavy (non-hydrogen) atoms. The minimum Gasteiger partial charge on any atom is -0.383 e. The van der Waals surface area contributed by atoms with E-state index in [2.05, 4.69) is 18.0 Å². The van der Waals surface area contributed by atoms with Crippen molar-refractivity contribution in [2.75, 3.05) is 27.3 Å². The molecule has 0 amide bonds. The number of benzene rings is 1. The van der Waals surface area contributed by atoms with Crippen LogP contribution in [0.15, 0.2) is 24.3 Å². The second-order valence-corrected chi connectivity index (χ2v) is 3.54. The molecule has 0 radical (unpaired) electrons. The summed E-state index contributed by atoms with van der Waals surface area (Å²) >= 11 is 0. The van der Waals surface area contributed by atoms with E-state index in [1.807, 2.05) is 24.3 Å². The molecule has 80 valence electrons. The monoisotopic (exact) mass is 204 g/mol. The van der Waals surface area contributed by atoms with E-state index < -0.39 is 0 Å². The molecule has 0 spiro atoms. The molecule has 1 rings (SSSR count). The van der Waals surface area contributed by atoms with E-state index in [4.69, 9.17) is 10.00 Å². The van der Waals surface area contributed by atoms with Gasteiger partial charge < -0.3 is 4.74 Å². The molecule has 1 aromatic carbocycles. The van der Waals surface area contributed by atoms with Crippen molar-refractivity contribution in [1.82, 2.24) is 4.90 Å². The van der Waals surface area contributed by atoms with Gasteiger partial charge in [-0.3, -0.25) is 4.90 Å². The second kappa shape index (κ2) is 6.18. The molecule has 0 bridgehead atoms. The van der Waals surface area contributed by atoms with Crippen LogP contribution in [-0.2, 0) is 11.3 Å². The van der Waals surface area contributed by atoms with Gasteiger partial charge in [0, 0.05) is 20.2 Å². The lowest BCUT2D eigenvalue weighted by atomic mass is 10.1. The number of nitrogens with zero attached hydrogens (tertiary/aromatic N) is 2.